The first-order valence-corrected chi connectivity index (χ1v) is 15.8. The van der Waals surface area contributed by atoms with Crippen LogP contribution in [0.15, 0.2) is 60.9 Å². The van der Waals surface area contributed by atoms with Crippen molar-refractivity contribution in [1.82, 2.24) is 19.9 Å². The molecule has 0 spiro atoms. The van der Waals surface area contributed by atoms with Gasteiger partial charge in [-0.2, -0.15) is 0 Å². The number of fused-ring (bicyclic) bond motifs is 1. The van der Waals surface area contributed by atoms with E-state index in [-0.39, 0.29) is 18.2 Å². The predicted octanol–water partition coefficient (Wildman–Crippen LogP) is 6.79. The van der Waals surface area contributed by atoms with E-state index in [0.29, 0.717) is 43.1 Å². The molecule has 236 valence electrons. The van der Waals surface area contributed by atoms with E-state index in [9.17, 15) is 9.90 Å². The van der Waals surface area contributed by atoms with Gasteiger partial charge in [0.15, 0.2) is 0 Å². The van der Waals surface area contributed by atoms with Gasteiger partial charge in [-0.1, -0.05) is 24.3 Å². The summed E-state index contributed by atoms with van der Waals surface area (Å²) < 4.78 is 12.2. The lowest BCUT2D eigenvalue weighted by Gasteiger charge is -2.34. The molecule has 1 saturated carbocycles. The average molecular weight is 611 g/mol. The van der Waals surface area contributed by atoms with Gasteiger partial charge in [-0.05, 0) is 89.1 Å². The molecule has 2 unspecified atom stereocenters. The van der Waals surface area contributed by atoms with Crippen molar-refractivity contribution in [3.05, 3.63) is 66.5 Å². The standard InChI is InChI=1S/C35H42N6O4/c1-22-12-15-25-26(9-5-11-28(25)38-20-30(42)23-13-14-23)31(22)44-32-27(10-6-17-36-32)29-16-18-37-33(40-29)39-24-8-7-19-41(21-24)34(43)45-35(2,3)4/h5-6,9-12,15-18,23-24,30,38,42H,7-8,13-14,19-21H2,1-4H3,(H,37,39,40). The summed E-state index contributed by atoms with van der Waals surface area (Å²) in [6.45, 7) is 9.34. The Morgan fingerprint density at radius 1 is 1.04 bits per heavy atom. The normalized spacial score (nSPS) is 17.5. The number of pyridine rings is 1. The Morgan fingerprint density at radius 3 is 2.69 bits per heavy atom. The molecule has 2 fully saturated rings. The van der Waals surface area contributed by atoms with Crippen molar-refractivity contribution in [3.63, 3.8) is 0 Å². The van der Waals surface area contributed by atoms with Gasteiger partial charge in [-0.15, -0.1) is 0 Å². The van der Waals surface area contributed by atoms with Gasteiger partial charge in [-0.25, -0.2) is 19.7 Å². The van der Waals surface area contributed by atoms with Crippen molar-refractivity contribution in [2.75, 3.05) is 30.3 Å². The van der Waals surface area contributed by atoms with Crippen LogP contribution in [0.25, 0.3) is 22.0 Å². The monoisotopic (exact) mass is 610 g/mol. The fraction of sp³-hybridized carbons (Fsp3) is 0.429. The quantitative estimate of drug-likeness (QED) is 0.188. The molecule has 4 aromatic rings. The number of amides is 1. The summed E-state index contributed by atoms with van der Waals surface area (Å²) in [7, 11) is 0. The smallest absolute Gasteiger partial charge is 0.410 e. The number of benzene rings is 2. The molecule has 0 radical (unpaired) electrons. The number of piperidine rings is 1. The second-order valence-corrected chi connectivity index (χ2v) is 13.0. The Labute approximate surface area is 264 Å². The molecular formula is C35H42N6O4. The van der Waals surface area contributed by atoms with Gasteiger partial charge in [0, 0.05) is 54.5 Å². The molecule has 3 N–H and O–H groups in total. The number of ether oxygens (including phenoxy) is 2. The molecule has 10 nitrogen and oxygen atoms in total. The van der Waals surface area contributed by atoms with E-state index in [1.807, 2.05) is 70.2 Å². The number of aromatic nitrogens is 3. The zero-order valence-corrected chi connectivity index (χ0v) is 26.4. The van der Waals surface area contributed by atoms with Crippen molar-refractivity contribution in [1.29, 1.82) is 0 Å². The second-order valence-electron chi connectivity index (χ2n) is 13.0. The molecule has 2 aromatic carbocycles. The minimum absolute atomic E-state index is 0.00216. The van der Waals surface area contributed by atoms with E-state index in [0.717, 1.165) is 59.0 Å². The van der Waals surface area contributed by atoms with Crippen molar-refractivity contribution in [2.45, 2.75) is 71.1 Å². The third kappa shape index (κ3) is 7.45. The highest BCUT2D eigenvalue weighted by atomic mass is 16.6. The number of hydrogen-bond acceptors (Lipinski definition) is 9. The summed E-state index contributed by atoms with van der Waals surface area (Å²) in [6.07, 6.45) is 6.73. The Hall–Kier alpha value is -4.44. The second kappa shape index (κ2) is 12.9. The number of carbonyl (C=O) groups is 1. The van der Waals surface area contributed by atoms with E-state index < -0.39 is 5.60 Å². The molecule has 10 heteroatoms. The van der Waals surface area contributed by atoms with Crippen LogP contribution in [-0.4, -0.2) is 68.4 Å². The summed E-state index contributed by atoms with van der Waals surface area (Å²) in [4.78, 5) is 28.3. The van der Waals surface area contributed by atoms with Crippen molar-refractivity contribution in [2.24, 2.45) is 5.92 Å². The first-order valence-electron chi connectivity index (χ1n) is 15.8. The van der Waals surface area contributed by atoms with Crippen molar-refractivity contribution in [3.8, 4) is 22.9 Å². The largest absolute Gasteiger partial charge is 0.444 e. The van der Waals surface area contributed by atoms with E-state index in [1.54, 1.807) is 17.3 Å². The maximum absolute atomic E-state index is 12.7. The van der Waals surface area contributed by atoms with Crippen molar-refractivity contribution < 1.29 is 19.4 Å². The van der Waals surface area contributed by atoms with Gasteiger partial charge in [0.1, 0.15) is 11.4 Å². The molecule has 2 aromatic heterocycles. The Morgan fingerprint density at radius 2 is 1.89 bits per heavy atom. The molecule has 1 amide bonds. The van der Waals surface area contributed by atoms with E-state index in [4.69, 9.17) is 14.5 Å². The predicted molar refractivity (Wildman–Crippen MR) is 176 cm³/mol. The topological polar surface area (TPSA) is 122 Å². The van der Waals surface area contributed by atoms with Crippen LogP contribution < -0.4 is 15.4 Å². The number of likely N-dealkylation sites (tertiary alicyclic amines) is 1. The van der Waals surface area contributed by atoms with E-state index in [1.165, 1.54) is 0 Å². The average Bonchev–Trinajstić information content (AvgIpc) is 3.87. The van der Waals surface area contributed by atoms with Crippen LogP contribution in [0.1, 0.15) is 52.0 Å². The van der Waals surface area contributed by atoms with Crippen LogP contribution in [0.4, 0.5) is 16.4 Å². The summed E-state index contributed by atoms with van der Waals surface area (Å²) in [5, 5.41) is 19.2. The van der Waals surface area contributed by atoms with Gasteiger partial charge in [-0.3, -0.25) is 0 Å². The number of aliphatic hydroxyl groups is 1. The van der Waals surface area contributed by atoms with Crippen LogP contribution >= 0.6 is 0 Å². The SMILES string of the molecule is Cc1ccc2c(NCC(O)C3CC3)cccc2c1Oc1ncccc1-c1ccnc(NC2CCCN(C(=O)OC(C)(C)C)C2)n1. The third-order valence-corrected chi connectivity index (χ3v) is 8.18. The number of aliphatic hydroxyl groups excluding tert-OH is 1. The first kappa shape index (κ1) is 30.6. The van der Waals surface area contributed by atoms with Crippen LogP contribution in [-0.2, 0) is 4.74 Å². The maximum Gasteiger partial charge on any atom is 0.410 e. The van der Waals surface area contributed by atoms with E-state index in [2.05, 4.69) is 26.7 Å². The van der Waals surface area contributed by atoms with Gasteiger partial charge >= 0.3 is 6.09 Å². The van der Waals surface area contributed by atoms with Crippen LogP contribution in [0.5, 0.6) is 11.6 Å². The van der Waals surface area contributed by atoms with Gasteiger partial charge < -0.3 is 30.1 Å². The fourth-order valence-electron chi connectivity index (χ4n) is 5.70. The van der Waals surface area contributed by atoms with Gasteiger partial charge in [0.05, 0.1) is 17.4 Å². The number of nitrogens with zero attached hydrogens (tertiary/aromatic N) is 4. The molecule has 6 rings (SSSR count). The Bertz CT molecular complexity index is 1670. The molecule has 45 heavy (non-hydrogen) atoms. The third-order valence-electron chi connectivity index (χ3n) is 8.18. The van der Waals surface area contributed by atoms with Crippen molar-refractivity contribution >= 4 is 28.5 Å². The lowest BCUT2D eigenvalue weighted by molar-refractivity contribution is 0.0206. The zero-order valence-electron chi connectivity index (χ0n) is 26.4. The molecule has 1 saturated heterocycles. The first-order chi connectivity index (χ1) is 21.6. The zero-order chi connectivity index (χ0) is 31.6. The van der Waals surface area contributed by atoms with Crippen LogP contribution in [0, 0.1) is 12.8 Å². The van der Waals surface area contributed by atoms with Gasteiger partial charge in [0.25, 0.3) is 0 Å². The number of nitrogens with one attached hydrogen (secondary N) is 2. The Kier molecular flexibility index (Phi) is 8.76. The van der Waals surface area contributed by atoms with E-state index >= 15 is 0 Å². The fourth-order valence-corrected chi connectivity index (χ4v) is 5.70. The summed E-state index contributed by atoms with van der Waals surface area (Å²) in [6, 6.07) is 15.8. The maximum atomic E-state index is 12.7. The van der Waals surface area contributed by atoms with Gasteiger partial charge in [0.2, 0.25) is 11.8 Å². The molecule has 2 aliphatic rings. The molecule has 2 atom stereocenters. The highest BCUT2D eigenvalue weighted by molar-refractivity contribution is 5.98. The lowest BCUT2D eigenvalue weighted by atomic mass is 10.0. The summed E-state index contributed by atoms with van der Waals surface area (Å²) in [5.74, 6) is 2.04. The summed E-state index contributed by atoms with van der Waals surface area (Å²) in [5.41, 5.74) is 2.80. The highest BCUT2D eigenvalue weighted by Crippen LogP contribution is 2.39. The number of rotatable bonds is 9. The Balaban J connectivity index is 1.21. The number of anilines is 2. The highest BCUT2D eigenvalue weighted by Gasteiger charge is 2.30. The van der Waals surface area contributed by atoms with Crippen LogP contribution in [0.2, 0.25) is 0 Å². The molecule has 1 aliphatic carbocycles. The molecule has 3 heterocycles. The minimum atomic E-state index is -0.540. The minimum Gasteiger partial charge on any atom is -0.444 e. The number of hydrogen-bond donors (Lipinski definition) is 3. The number of aryl methyl sites for hydroxylation is 1. The summed E-state index contributed by atoms with van der Waals surface area (Å²) >= 11 is 0. The molecule has 1 aliphatic heterocycles. The molecule has 0 bridgehead atoms. The molecular weight excluding hydrogens is 568 g/mol. The number of carbonyl (C=O) groups excluding carboxylic acids is 1. The van der Waals surface area contributed by atoms with Crippen LogP contribution in [0.3, 0.4) is 0 Å². The lowest BCUT2D eigenvalue weighted by Crippen LogP contribution is -2.47.